The van der Waals surface area contributed by atoms with Gasteiger partial charge in [-0.05, 0) is 39.5 Å². The molecule has 1 atom stereocenters. The van der Waals surface area contributed by atoms with Crippen molar-refractivity contribution in [2.24, 2.45) is 5.41 Å². The van der Waals surface area contributed by atoms with Gasteiger partial charge in [-0.2, -0.15) is 0 Å². The lowest BCUT2D eigenvalue weighted by atomic mass is 9.66. The van der Waals surface area contributed by atoms with Crippen LogP contribution in [0, 0.1) is 5.41 Å². The summed E-state index contributed by atoms with van der Waals surface area (Å²) in [5, 5.41) is 9.86. The number of hydrogen-bond donors (Lipinski definition) is 1. The molecule has 2 aliphatic rings. The second-order valence-corrected chi connectivity index (χ2v) is 5.26. The van der Waals surface area contributed by atoms with Crippen LogP contribution in [0.2, 0.25) is 0 Å². The SMILES string of the molecule is CC(=O)C1=C(C)CC(O)CC12CCCC2. The average Bonchev–Trinajstić information content (AvgIpc) is 2.50. The third kappa shape index (κ3) is 1.76. The summed E-state index contributed by atoms with van der Waals surface area (Å²) in [7, 11) is 0. The van der Waals surface area contributed by atoms with Crippen molar-refractivity contribution in [2.45, 2.75) is 58.5 Å². The minimum atomic E-state index is -0.230. The zero-order valence-electron chi connectivity index (χ0n) is 9.68. The molecular formula is C13H20O2. The Morgan fingerprint density at radius 2 is 2.00 bits per heavy atom. The monoisotopic (exact) mass is 208 g/mol. The second kappa shape index (κ2) is 3.75. The summed E-state index contributed by atoms with van der Waals surface area (Å²) in [5.74, 6) is 0.223. The lowest BCUT2D eigenvalue weighted by Crippen LogP contribution is -2.34. The molecule has 2 nitrogen and oxygen atoms in total. The minimum Gasteiger partial charge on any atom is -0.393 e. The molecule has 0 bridgehead atoms. The lowest BCUT2D eigenvalue weighted by Gasteiger charge is -2.38. The highest BCUT2D eigenvalue weighted by atomic mass is 16.3. The number of ketones is 1. The topological polar surface area (TPSA) is 37.3 Å². The van der Waals surface area contributed by atoms with Crippen molar-refractivity contribution >= 4 is 5.78 Å². The fraction of sp³-hybridized carbons (Fsp3) is 0.769. The molecule has 0 aliphatic heterocycles. The quantitative estimate of drug-likeness (QED) is 0.719. The van der Waals surface area contributed by atoms with E-state index in [0.29, 0.717) is 6.42 Å². The van der Waals surface area contributed by atoms with Crippen molar-refractivity contribution in [3.8, 4) is 0 Å². The molecule has 0 aromatic carbocycles. The molecular weight excluding hydrogens is 188 g/mol. The molecule has 0 saturated heterocycles. The van der Waals surface area contributed by atoms with Gasteiger partial charge in [0.2, 0.25) is 0 Å². The summed E-state index contributed by atoms with van der Waals surface area (Å²) in [6.07, 6.45) is 5.86. The molecule has 1 N–H and O–H groups in total. The molecule has 84 valence electrons. The predicted octanol–water partition coefficient (Wildman–Crippen LogP) is 2.61. The third-order valence-electron chi connectivity index (χ3n) is 4.04. The number of aliphatic hydroxyl groups is 1. The van der Waals surface area contributed by atoms with Crippen LogP contribution in [0.15, 0.2) is 11.1 Å². The van der Waals surface area contributed by atoms with Crippen molar-refractivity contribution in [3.05, 3.63) is 11.1 Å². The van der Waals surface area contributed by atoms with Gasteiger partial charge in [0, 0.05) is 11.0 Å². The number of allylic oxidation sites excluding steroid dienone is 1. The van der Waals surface area contributed by atoms with Gasteiger partial charge in [-0.3, -0.25) is 4.79 Å². The van der Waals surface area contributed by atoms with Crippen LogP contribution in [-0.4, -0.2) is 17.0 Å². The summed E-state index contributed by atoms with van der Waals surface area (Å²) in [6.45, 7) is 3.69. The van der Waals surface area contributed by atoms with E-state index in [4.69, 9.17) is 0 Å². The maximum Gasteiger partial charge on any atom is 0.156 e. The van der Waals surface area contributed by atoms with Crippen LogP contribution in [0.4, 0.5) is 0 Å². The van der Waals surface area contributed by atoms with Gasteiger partial charge in [0.05, 0.1) is 6.10 Å². The van der Waals surface area contributed by atoms with Crippen LogP contribution < -0.4 is 0 Å². The van der Waals surface area contributed by atoms with E-state index in [1.54, 1.807) is 6.92 Å². The van der Waals surface area contributed by atoms with E-state index in [1.807, 2.05) is 6.92 Å². The van der Waals surface area contributed by atoms with E-state index in [2.05, 4.69) is 0 Å². The van der Waals surface area contributed by atoms with Crippen LogP contribution in [0.1, 0.15) is 52.4 Å². The Hall–Kier alpha value is -0.630. The van der Waals surface area contributed by atoms with E-state index < -0.39 is 0 Å². The Morgan fingerprint density at radius 1 is 1.40 bits per heavy atom. The molecule has 1 unspecified atom stereocenters. The van der Waals surface area contributed by atoms with Crippen LogP contribution in [0.5, 0.6) is 0 Å². The molecule has 2 heteroatoms. The fourth-order valence-corrected chi connectivity index (χ4v) is 3.71. The van der Waals surface area contributed by atoms with E-state index in [1.165, 1.54) is 12.8 Å². The number of carbonyl (C=O) groups excluding carboxylic acids is 1. The van der Waals surface area contributed by atoms with Crippen LogP contribution in [-0.2, 0) is 4.79 Å². The molecule has 0 aromatic heterocycles. The molecule has 15 heavy (non-hydrogen) atoms. The fourth-order valence-electron chi connectivity index (χ4n) is 3.71. The molecule has 0 radical (unpaired) electrons. The summed E-state index contributed by atoms with van der Waals surface area (Å²) in [5.41, 5.74) is 2.21. The number of rotatable bonds is 1. The van der Waals surface area contributed by atoms with Crippen LogP contribution in [0.3, 0.4) is 0 Å². The summed E-state index contributed by atoms with van der Waals surface area (Å²) in [6, 6.07) is 0. The molecule has 0 amide bonds. The third-order valence-corrected chi connectivity index (χ3v) is 4.04. The van der Waals surface area contributed by atoms with Gasteiger partial charge in [-0.25, -0.2) is 0 Å². The molecule has 1 fully saturated rings. The van der Waals surface area contributed by atoms with Gasteiger partial charge in [-0.15, -0.1) is 0 Å². The van der Waals surface area contributed by atoms with Crippen molar-refractivity contribution in [1.82, 2.24) is 0 Å². The van der Waals surface area contributed by atoms with E-state index in [0.717, 1.165) is 30.4 Å². The highest BCUT2D eigenvalue weighted by Crippen LogP contribution is 2.52. The smallest absolute Gasteiger partial charge is 0.156 e. The molecule has 2 aliphatic carbocycles. The van der Waals surface area contributed by atoms with E-state index in [9.17, 15) is 9.90 Å². The first-order chi connectivity index (χ1) is 7.05. The largest absolute Gasteiger partial charge is 0.393 e. The van der Waals surface area contributed by atoms with Crippen molar-refractivity contribution in [1.29, 1.82) is 0 Å². The Labute approximate surface area is 91.4 Å². The van der Waals surface area contributed by atoms with E-state index >= 15 is 0 Å². The predicted molar refractivity (Wildman–Crippen MR) is 59.5 cm³/mol. The maximum absolute atomic E-state index is 11.7. The molecule has 2 rings (SSSR count). The first kappa shape index (κ1) is 10.9. The number of aliphatic hydroxyl groups excluding tert-OH is 1. The highest BCUT2D eigenvalue weighted by Gasteiger charge is 2.44. The van der Waals surface area contributed by atoms with Gasteiger partial charge in [-0.1, -0.05) is 18.4 Å². The van der Waals surface area contributed by atoms with Crippen molar-refractivity contribution < 1.29 is 9.90 Å². The Bertz CT molecular complexity index is 308. The molecule has 1 spiro atoms. The number of carbonyl (C=O) groups is 1. The van der Waals surface area contributed by atoms with Crippen molar-refractivity contribution in [3.63, 3.8) is 0 Å². The molecule has 0 aromatic rings. The average molecular weight is 208 g/mol. The standard InChI is InChI=1S/C13H20O2/c1-9-7-11(15)8-13(5-3-4-6-13)12(9)10(2)14/h11,15H,3-8H2,1-2H3. The van der Waals surface area contributed by atoms with Gasteiger partial charge in [0.15, 0.2) is 5.78 Å². The van der Waals surface area contributed by atoms with Gasteiger partial charge in [0.1, 0.15) is 0 Å². The Balaban J connectivity index is 2.42. The molecule has 1 saturated carbocycles. The van der Waals surface area contributed by atoms with Crippen LogP contribution >= 0.6 is 0 Å². The molecule has 0 heterocycles. The van der Waals surface area contributed by atoms with Gasteiger partial charge < -0.3 is 5.11 Å². The van der Waals surface area contributed by atoms with Crippen LogP contribution in [0.25, 0.3) is 0 Å². The minimum absolute atomic E-state index is 0.0353. The normalized spacial score (nSPS) is 29.9. The Morgan fingerprint density at radius 3 is 2.53 bits per heavy atom. The van der Waals surface area contributed by atoms with Crippen molar-refractivity contribution in [2.75, 3.05) is 0 Å². The first-order valence-electron chi connectivity index (χ1n) is 5.94. The lowest BCUT2D eigenvalue weighted by molar-refractivity contribution is -0.115. The highest BCUT2D eigenvalue weighted by molar-refractivity contribution is 5.95. The van der Waals surface area contributed by atoms with E-state index in [-0.39, 0.29) is 17.3 Å². The summed E-state index contributed by atoms with van der Waals surface area (Å²) in [4.78, 5) is 11.7. The zero-order chi connectivity index (χ0) is 11.1. The number of Topliss-reactive ketones (excluding diaryl/α,β-unsaturated/α-hetero) is 1. The Kier molecular flexibility index (Phi) is 2.72. The van der Waals surface area contributed by atoms with Gasteiger partial charge >= 0.3 is 0 Å². The maximum atomic E-state index is 11.7. The summed E-state index contributed by atoms with van der Waals surface area (Å²) < 4.78 is 0. The number of hydrogen-bond acceptors (Lipinski definition) is 2. The second-order valence-electron chi connectivity index (χ2n) is 5.26. The van der Waals surface area contributed by atoms with Gasteiger partial charge in [0.25, 0.3) is 0 Å². The zero-order valence-corrected chi connectivity index (χ0v) is 9.68. The first-order valence-corrected chi connectivity index (χ1v) is 5.94. The summed E-state index contributed by atoms with van der Waals surface area (Å²) >= 11 is 0.